The molecule has 2 unspecified atom stereocenters. The zero-order valence-corrected chi connectivity index (χ0v) is 13.6. The van der Waals surface area contributed by atoms with E-state index in [9.17, 15) is 9.59 Å². The van der Waals surface area contributed by atoms with E-state index in [4.69, 9.17) is 23.2 Å². The average Bonchev–Trinajstić information content (AvgIpc) is 2.35. The Hall–Kier alpha value is -0.0800. The lowest BCUT2D eigenvalue weighted by molar-refractivity contribution is -0.116. The van der Waals surface area contributed by atoms with Gasteiger partial charge in [0.05, 0.1) is 0 Å². The Labute approximate surface area is 127 Å². The van der Waals surface area contributed by atoms with Crippen LogP contribution in [0.5, 0.6) is 0 Å². The molecular weight excluding hydrogens is 283 g/mol. The maximum Gasteiger partial charge on any atom is 0.224 e. The van der Waals surface area contributed by atoms with Crippen LogP contribution in [0.2, 0.25) is 0 Å². The lowest BCUT2D eigenvalue weighted by Gasteiger charge is -2.15. The molecule has 0 N–H and O–H groups in total. The molecule has 0 aromatic rings. The van der Waals surface area contributed by atoms with Crippen molar-refractivity contribution in [3.8, 4) is 0 Å². The standard InChI is InChI=1S/C15H26Cl2O2/c1-12(13(2)15(17)19)10-8-6-4-3-5-7-9-11-14(16)18/h12-13H,3-11H2,1-2H3. The molecule has 0 heterocycles. The van der Waals surface area contributed by atoms with Crippen LogP contribution in [0.4, 0.5) is 0 Å². The lowest BCUT2D eigenvalue weighted by atomic mass is 9.91. The second-order valence-corrected chi connectivity index (χ2v) is 6.23. The summed E-state index contributed by atoms with van der Waals surface area (Å²) in [5.41, 5.74) is 0. The zero-order chi connectivity index (χ0) is 14.7. The molecule has 4 heteroatoms. The van der Waals surface area contributed by atoms with E-state index < -0.39 is 0 Å². The van der Waals surface area contributed by atoms with E-state index in [1.807, 2.05) is 6.92 Å². The van der Waals surface area contributed by atoms with Crippen molar-refractivity contribution in [3.63, 3.8) is 0 Å². The van der Waals surface area contributed by atoms with Gasteiger partial charge in [0.1, 0.15) is 0 Å². The Balaban J connectivity index is 3.31. The summed E-state index contributed by atoms with van der Waals surface area (Å²) in [7, 11) is 0. The van der Waals surface area contributed by atoms with Gasteiger partial charge < -0.3 is 0 Å². The molecule has 0 aliphatic carbocycles. The third kappa shape index (κ3) is 11.4. The Morgan fingerprint density at radius 3 is 1.79 bits per heavy atom. The van der Waals surface area contributed by atoms with Crippen molar-refractivity contribution in [1.82, 2.24) is 0 Å². The number of hydrogen-bond donors (Lipinski definition) is 0. The van der Waals surface area contributed by atoms with E-state index in [1.54, 1.807) is 0 Å². The summed E-state index contributed by atoms with van der Waals surface area (Å²) >= 11 is 10.7. The smallest absolute Gasteiger partial charge is 0.224 e. The van der Waals surface area contributed by atoms with Crippen molar-refractivity contribution in [2.45, 2.75) is 71.6 Å². The molecule has 112 valence electrons. The zero-order valence-electron chi connectivity index (χ0n) is 12.1. The van der Waals surface area contributed by atoms with Crippen LogP contribution in [0.3, 0.4) is 0 Å². The van der Waals surface area contributed by atoms with Crippen LogP contribution in [-0.4, -0.2) is 10.5 Å². The minimum absolute atomic E-state index is 0.0326. The van der Waals surface area contributed by atoms with Crippen molar-refractivity contribution in [2.24, 2.45) is 11.8 Å². The van der Waals surface area contributed by atoms with Gasteiger partial charge in [-0.3, -0.25) is 9.59 Å². The Bertz CT molecular complexity index is 267. The van der Waals surface area contributed by atoms with Crippen LogP contribution < -0.4 is 0 Å². The fourth-order valence-corrected chi connectivity index (χ4v) is 2.44. The molecule has 0 aliphatic heterocycles. The minimum Gasteiger partial charge on any atom is -0.281 e. The number of halogens is 2. The molecule has 0 rings (SSSR count). The van der Waals surface area contributed by atoms with Gasteiger partial charge in [0.15, 0.2) is 0 Å². The number of hydrogen-bond acceptors (Lipinski definition) is 2. The van der Waals surface area contributed by atoms with Gasteiger partial charge >= 0.3 is 0 Å². The van der Waals surface area contributed by atoms with E-state index in [1.165, 1.54) is 25.7 Å². The van der Waals surface area contributed by atoms with Crippen molar-refractivity contribution in [3.05, 3.63) is 0 Å². The first-order chi connectivity index (χ1) is 8.95. The van der Waals surface area contributed by atoms with Gasteiger partial charge in [-0.1, -0.05) is 52.4 Å². The lowest BCUT2D eigenvalue weighted by Crippen LogP contribution is -2.14. The number of carbonyl (C=O) groups is 2. The quantitative estimate of drug-likeness (QED) is 0.362. The van der Waals surface area contributed by atoms with Gasteiger partial charge in [0.25, 0.3) is 0 Å². The van der Waals surface area contributed by atoms with E-state index in [0.29, 0.717) is 12.3 Å². The third-order valence-corrected chi connectivity index (χ3v) is 4.28. The minimum atomic E-state index is -0.225. The van der Waals surface area contributed by atoms with Crippen molar-refractivity contribution < 1.29 is 9.59 Å². The van der Waals surface area contributed by atoms with Crippen LogP contribution in [0.25, 0.3) is 0 Å². The topological polar surface area (TPSA) is 34.1 Å². The first-order valence-electron chi connectivity index (χ1n) is 7.32. The van der Waals surface area contributed by atoms with Gasteiger partial charge in [-0.2, -0.15) is 0 Å². The van der Waals surface area contributed by atoms with Gasteiger partial charge in [-0.25, -0.2) is 0 Å². The SMILES string of the molecule is CC(CCCCCCCCCC(=O)Cl)C(C)C(=O)Cl. The molecule has 0 spiro atoms. The van der Waals surface area contributed by atoms with Crippen LogP contribution in [0, 0.1) is 11.8 Å². The summed E-state index contributed by atoms with van der Waals surface area (Å²) in [5, 5.41) is -0.446. The monoisotopic (exact) mass is 308 g/mol. The van der Waals surface area contributed by atoms with Crippen LogP contribution in [-0.2, 0) is 9.59 Å². The van der Waals surface area contributed by atoms with Crippen molar-refractivity contribution in [2.75, 3.05) is 0 Å². The molecule has 0 saturated heterocycles. The number of carbonyl (C=O) groups excluding carboxylic acids is 2. The van der Waals surface area contributed by atoms with Gasteiger partial charge in [0, 0.05) is 12.3 Å². The second kappa shape index (κ2) is 11.7. The molecule has 2 nitrogen and oxygen atoms in total. The number of unbranched alkanes of at least 4 members (excludes halogenated alkanes) is 6. The molecule has 0 saturated carbocycles. The highest BCUT2D eigenvalue weighted by Gasteiger charge is 2.17. The maximum atomic E-state index is 11.0. The highest BCUT2D eigenvalue weighted by molar-refractivity contribution is 6.64. The molecular formula is C15H26Cl2O2. The fraction of sp³-hybridized carbons (Fsp3) is 0.867. The maximum absolute atomic E-state index is 11.0. The molecule has 19 heavy (non-hydrogen) atoms. The average molecular weight is 309 g/mol. The number of rotatable bonds is 12. The van der Waals surface area contributed by atoms with E-state index in [-0.39, 0.29) is 16.4 Å². The summed E-state index contributed by atoms with van der Waals surface area (Å²) in [6, 6.07) is 0. The normalized spacial score (nSPS) is 14.1. The van der Waals surface area contributed by atoms with Crippen molar-refractivity contribution >= 4 is 33.7 Å². The molecule has 0 aromatic heterocycles. The second-order valence-electron chi connectivity index (χ2n) is 5.44. The Morgan fingerprint density at radius 2 is 1.32 bits per heavy atom. The van der Waals surface area contributed by atoms with E-state index in [0.717, 1.165) is 25.7 Å². The van der Waals surface area contributed by atoms with Crippen LogP contribution in [0.1, 0.15) is 71.6 Å². The highest BCUT2D eigenvalue weighted by atomic mass is 35.5. The Kier molecular flexibility index (Phi) is 11.7. The van der Waals surface area contributed by atoms with Gasteiger partial charge in [-0.05, 0) is 42.0 Å². The first kappa shape index (κ1) is 18.9. The predicted molar refractivity (Wildman–Crippen MR) is 81.6 cm³/mol. The van der Waals surface area contributed by atoms with E-state index >= 15 is 0 Å². The molecule has 2 atom stereocenters. The largest absolute Gasteiger partial charge is 0.281 e. The first-order valence-corrected chi connectivity index (χ1v) is 8.08. The molecule has 0 bridgehead atoms. The summed E-state index contributed by atoms with van der Waals surface area (Å²) in [4.78, 5) is 21.5. The molecule has 0 aromatic carbocycles. The molecule has 0 radical (unpaired) electrons. The van der Waals surface area contributed by atoms with E-state index in [2.05, 4.69) is 6.92 Å². The summed E-state index contributed by atoms with van der Waals surface area (Å²) < 4.78 is 0. The molecule has 0 aliphatic rings. The summed E-state index contributed by atoms with van der Waals surface area (Å²) in [6.45, 7) is 3.99. The highest BCUT2D eigenvalue weighted by Crippen LogP contribution is 2.21. The summed E-state index contributed by atoms with van der Waals surface area (Å²) in [5.74, 6) is 0.342. The van der Waals surface area contributed by atoms with Crippen molar-refractivity contribution in [1.29, 1.82) is 0 Å². The molecule has 0 amide bonds. The predicted octanol–water partition coefficient (Wildman–Crippen LogP) is 5.30. The fourth-order valence-electron chi connectivity index (χ4n) is 2.09. The van der Waals surface area contributed by atoms with Gasteiger partial charge in [-0.15, -0.1) is 0 Å². The van der Waals surface area contributed by atoms with Crippen LogP contribution in [0.15, 0.2) is 0 Å². The van der Waals surface area contributed by atoms with Gasteiger partial charge in [0.2, 0.25) is 10.5 Å². The van der Waals surface area contributed by atoms with Crippen LogP contribution >= 0.6 is 23.2 Å². The Morgan fingerprint density at radius 1 is 0.842 bits per heavy atom. The third-order valence-electron chi connectivity index (χ3n) is 3.74. The summed E-state index contributed by atoms with van der Waals surface area (Å²) in [6.07, 6.45) is 9.57. The molecule has 0 fully saturated rings.